The molecule has 1 saturated carbocycles. The van der Waals surface area contributed by atoms with Gasteiger partial charge in [-0.05, 0) is 56.8 Å². The fraction of sp³-hybridized carbons (Fsp3) is 0.636. The van der Waals surface area contributed by atoms with Crippen molar-refractivity contribution in [3.05, 3.63) is 52.0 Å². The third kappa shape index (κ3) is 4.66. The molecule has 0 atom stereocenters. The second-order valence-corrected chi connectivity index (χ2v) is 9.39. The summed E-state index contributed by atoms with van der Waals surface area (Å²) in [7, 11) is 0. The number of hydrogen-bond acceptors (Lipinski definition) is 5. The second kappa shape index (κ2) is 7.74. The fourth-order valence-electron chi connectivity index (χ4n) is 3.82. The minimum atomic E-state index is -0.0460. The highest BCUT2D eigenvalue weighted by molar-refractivity contribution is 5.11. The molecular weight excluding hydrogens is 350 g/mol. The van der Waals surface area contributed by atoms with Crippen LogP contribution in [0.5, 0.6) is 0 Å². The van der Waals surface area contributed by atoms with Crippen molar-refractivity contribution >= 4 is 0 Å². The van der Waals surface area contributed by atoms with Gasteiger partial charge in [0, 0.05) is 36.7 Å². The number of hydrogen-bond donors (Lipinski definition) is 0. The zero-order valence-corrected chi connectivity index (χ0v) is 17.3. The Labute approximate surface area is 167 Å². The minimum Gasteiger partial charge on any atom is -0.297 e. The molecule has 1 saturated heterocycles. The van der Waals surface area contributed by atoms with Gasteiger partial charge in [0.1, 0.15) is 5.82 Å². The molecule has 0 bridgehead atoms. The first kappa shape index (κ1) is 19.2. The number of aromatic nitrogens is 4. The van der Waals surface area contributed by atoms with Gasteiger partial charge in [0.25, 0.3) is 5.56 Å². The summed E-state index contributed by atoms with van der Waals surface area (Å²) in [5.41, 5.74) is 2.06. The Hall–Kier alpha value is -2.08. The highest BCUT2D eigenvalue weighted by Crippen LogP contribution is 2.37. The van der Waals surface area contributed by atoms with E-state index in [1.807, 2.05) is 18.3 Å². The van der Waals surface area contributed by atoms with Crippen LogP contribution >= 0.6 is 0 Å². The molecule has 6 nitrogen and oxygen atoms in total. The second-order valence-electron chi connectivity index (χ2n) is 9.39. The van der Waals surface area contributed by atoms with Gasteiger partial charge in [0.2, 0.25) is 0 Å². The number of piperidine rings is 1. The Balaban J connectivity index is 1.33. The van der Waals surface area contributed by atoms with E-state index < -0.39 is 0 Å². The molecule has 4 rings (SSSR count). The molecule has 0 radical (unpaired) electrons. The summed E-state index contributed by atoms with van der Waals surface area (Å²) in [6.07, 6.45) is 6.56. The van der Waals surface area contributed by atoms with E-state index in [4.69, 9.17) is 4.98 Å². The summed E-state index contributed by atoms with van der Waals surface area (Å²) in [5, 5.41) is 4.63. The summed E-state index contributed by atoms with van der Waals surface area (Å²) in [5.74, 6) is 2.13. The van der Waals surface area contributed by atoms with Gasteiger partial charge in [-0.15, -0.1) is 0 Å². The van der Waals surface area contributed by atoms with Gasteiger partial charge in [0.05, 0.1) is 11.4 Å². The zero-order valence-electron chi connectivity index (χ0n) is 17.3. The summed E-state index contributed by atoms with van der Waals surface area (Å²) < 4.78 is 1.67. The topological polar surface area (TPSA) is 63.9 Å². The van der Waals surface area contributed by atoms with Crippen LogP contribution in [0.3, 0.4) is 0 Å². The molecule has 2 fully saturated rings. The average molecular weight is 382 g/mol. The maximum atomic E-state index is 12.2. The summed E-state index contributed by atoms with van der Waals surface area (Å²) >= 11 is 0. The largest absolute Gasteiger partial charge is 0.297 e. The summed E-state index contributed by atoms with van der Waals surface area (Å²) in [4.78, 5) is 23.9. The van der Waals surface area contributed by atoms with Crippen molar-refractivity contribution in [3.8, 4) is 0 Å². The van der Waals surface area contributed by atoms with E-state index in [0.29, 0.717) is 11.8 Å². The molecule has 2 aliphatic rings. The van der Waals surface area contributed by atoms with Crippen molar-refractivity contribution in [3.63, 3.8) is 0 Å². The van der Waals surface area contributed by atoms with E-state index in [0.717, 1.165) is 56.2 Å². The van der Waals surface area contributed by atoms with E-state index in [1.165, 1.54) is 12.8 Å². The highest BCUT2D eigenvalue weighted by Gasteiger charge is 2.27. The zero-order chi connectivity index (χ0) is 19.7. The van der Waals surface area contributed by atoms with Gasteiger partial charge in [-0.1, -0.05) is 20.8 Å². The van der Waals surface area contributed by atoms with Crippen LogP contribution in [0.15, 0.2) is 29.2 Å². The van der Waals surface area contributed by atoms with Crippen molar-refractivity contribution in [1.29, 1.82) is 0 Å². The van der Waals surface area contributed by atoms with Crippen LogP contribution in [0.2, 0.25) is 0 Å². The Morgan fingerprint density at radius 2 is 1.82 bits per heavy atom. The Morgan fingerprint density at radius 1 is 1.07 bits per heavy atom. The molecule has 0 aromatic carbocycles. The van der Waals surface area contributed by atoms with Crippen LogP contribution in [0.25, 0.3) is 0 Å². The van der Waals surface area contributed by atoms with Gasteiger partial charge in [-0.25, -0.2) is 14.6 Å². The smallest absolute Gasteiger partial charge is 0.266 e. The molecule has 1 aliphatic heterocycles. The van der Waals surface area contributed by atoms with E-state index in [1.54, 1.807) is 10.7 Å². The Bertz CT molecular complexity index is 873. The first-order chi connectivity index (χ1) is 13.4. The Morgan fingerprint density at radius 3 is 2.50 bits per heavy atom. The number of likely N-dealkylation sites (tertiary alicyclic amines) is 1. The molecule has 1 aliphatic carbocycles. The summed E-state index contributed by atoms with van der Waals surface area (Å²) in [6, 6.07) is 5.56. The minimum absolute atomic E-state index is 0.00372. The van der Waals surface area contributed by atoms with Crippen molar-refractivity contribution in [2.24, 2.45) is 5.92 Å². The lowest BCUT2D eigenvalue weighted by molar-refractivity contribution is 0.161. The molecule has 0 unspecified atom stereocenters. The SMILES string of the molecule is CC(C)(C)c1ccc(=O)n(CC2CCN(Cc3ccnc(C4CC4)n3)CC2)n1. The molecule has 2 aromatic heterocycles. The van der Waals surface area contributed by atoms with E-state index >= 15 is 0 Å². The van der Waals surface area contributed by atoms with E-state index in [9.17, 15) is 4.79 Å². The van der Waals surface area contributed by atoms with Gasteiger partial charge < -0.3 is 0 Å². The third-order valence-electron chi connectivity index (χ3n) is 5.83. The van der Waals surface area contributed by atoms with Crippen LogP contribution in [0.4, 0.5) is 0 Å². The lowest BCUT2D eigenvalue weighted by Crippen LogP contribution is -2.37. The molecule has 0 spiro atoms. The van der Waals surface area contributed by atoms with Crippen LogP contribution < -0.4 is 5.56 Å². The molecule has 3 heterocycles. The normalized spacial score (nSPS) is 19.1. The molecule has 0 amide bonds. The number of rotatable bonds is 5. The highest BCUT2D eigenvalue weighted by atomic mass is 16.1. The standard InChI is InChI=1S/C22H31N5O/c1-22(2,3)19-6-7-20(28)27(25-19)14-16-9-12-26(13-10-16)15-18-8-11-23-21(24-18)17-4-5-17/h6-8,11,16-17H,4-5,9-10,12-15H2,1-3H3. The lowest BCUT2D eigenvalue weighted by atomic mass is 9.92. The first-order valence-electron chi connectivity index (χ1n) is 10.5. The predicted octanol–water partition coefficient (Wildman–Crippen LogP) is 3.12. The maximum Gasteiger partial charge on any atom is 0.266 e. The van der Waals surface area contributed by atoms with Crippen molar-refractivity contribution in [2.75, 3.05) is 13.1 Å². The molecule has 28 heavy (non-hydrogen) atoms. The fourth-order valence-corrected chi connectivity index (χ4v) is 3.82. The van der Waals surface area contributed by atoms with Crippen LogP contribution in [-0.4, -0.2) is 37.7 Å². The van der Waals surface area contributed by atoms with E-state index in [2.05, 4.69) is 35.8 Å². The first-order valence-corrected chi connectivity index (χ1v) is 10.5. The van der Waals surface area contributed by atoms with Crippen molar-refractivity contribution in [2.45, 2.75) is 70.9 Å². The molecule has 2 aromatic rings. The summed E-state index contributed by atoms with van der Waals surface area (Å²) in [6.45, 7) is 10.1. The monoisotopic (exact) mass is 381 g/mol. The number of nitrogens with zero attached hydrogens (tertiary/aromatic N) is 5. The average Bonchev–Trinajstić information content (AvgIpc) is 3.50. The van der Waals surface area contributed by atoms with Gasteiger partial charge in [0.15, 0.2) is 0 Å². The van der Waals surface area contributed by atoms with Crippen LogP contribution in [-0.2, 0) is 18.5 Å². The van der Waals surface area contributed by atoms with Gasteiger partial charge in [-0.3, -0.25) is 9.69 Å². The molecule has 150 valence electrons. The van der Waals surface area contributed by atoms with E-state index in [-0.39, 0.29) is 11.0 Å². The third-order valence-corrected chi connectivity index (χ3v) is 5.83. The van der Waals surface area contributed by atoms with Crippen molar-refractivity contribution in [1.82, 2.24) is 24.6 Å². The molecule has 0 N–H and O–H groups in total. The lowest BCUT2D eigenvalue weighted by Gasteiger charge is -2.32. The van der Waals surface area contributed by atoms with Gasteiger partial charge >= 0.3 is 0 Å². The Kier molecular flexibility index (Phi) is 5.32. The van der Waals surface area contributed by atoms with Crippen LogP contribution in [0, 0.1) is 5.92 Å². The quantitative estimate of drug-likeness (QED) is 0.796. The predicted molar refractivity (Wildman–Crippen MR) is 109 cm³/mol. The van der Waals surface area contributed by atoms with Crippen molar-refractivity contribution < 1.29 is 0 Å². The van der Waals surface area contributed by atoms with Crippen LogP contribution in [0.1, 0.15) is 69.6 Å². The van der Waals surface area contributed by atoms with Gasteiger partial charge in [-0.2, -0.15) is 5.10 Å². The molecular formula is C22H31N5O. The maximum absolute atomic E-state index is 12.2. The molecule has 6 heteroatoms.